The minimum absolute atomic E-state index is 0.0669. The summed E-state index contributed by atoms with van der Waals surface area (Å²) in [6.07, 6.45) is 0.751. The lowest BCUT2D eigenvalue weighted by Crippen LogP contribution is -2.27. The summed E-state index contributed by atoms with van der Waals surface area (Å²) >= 11 is 0. The Labute approximate surface area is 181 Å². The lowest BCUT2D eigenvalue weighted by Gasteiger charge is -2.23. The smallest absolute Gasteiger partial charge is 0.303 e. The molecule has 1 amide bonds. The number of carboxylic acid groups (broad SMARTS) is 1. The van der Waals surface area contributed by atoms with Crippen LogP contribution in [0.5, 0.6) is 17.2 Å². The van der Waals surface area contributed by atoms with Crippen LogP contribution < -0.4 is 14.2 Å². The van der Waals surface area contributed by atoms with Crippen LogP contribution in [-0.4, -0.2) is 49.0 Å². The number of para-hydroxylation sites is 1. The molecule has 1 aliphatic rings. The molecular formula is C23H26N2O6. The molecule has 1 N–H and O–H groups in total. The molecule has 0 bridgehead atoms. The number of hydrogen-bond acceptors (Lipinski definition) is 6. The van der Waals surface area contributed by atoms with Crippen molar-refractivity contribution in [3.05, 3.63) is 53.6 Å². The Morgan fingerprint density at radius 2 is 1.71 bits per heavy atom. The summed E-state index contributed by atoms with van der Waals surface area (Å²) in [4.78, 5) is 23.8. The molecule has 3 rings (SSSR count). The van der Waals surface area contributed by atoms with Crippen molar-refractivity contribution in [1.29, 1.82) is 0 Å². The lowest BCUT2D eigenvalue weighted by molar-refractivity contribution is -0.137. The first-order chi connectivity index (χ1) is 15.0. The van der Waals surface area contributed by atoms with Gasteiger partial charge in [0.2, 0.25) is 5.91 Å². The second kappa shape index (κ2) is 9.97. The Morgan fingerprint density at radius 3 is 2.32 bits per heavy atom. The average molecular weight is 426 g/mol. The second-order valence-electron chi connectivity index (χ2n) is 7.10. The van der Waals surface area contributed by atoms with Crippen molar-refractivity contribution in [2.75, 3.05) is 21.3 Å². The summed E-state index contributed by atoms with van der Waals surface area (Å²) in [5, 5.41) is 15.0. The number of carbonyl (C=O) groups excluding carboxylic acids is 1. The fourth-order valence-electron chi connectivity index (χ4n) is 3.58. The van der Waals surface area contributed by atoms with E-state index in [1.807, 2.05) is 36.4 Å². The predicted molar refractivity (Wildman–Crippen MR) is 115 cm³/mol. The number of carbonyl (C=O) groups is 2. The predicted octanol–water partition coefficient (Wildman–Crippen LogP) is 3.65. The van der Waals surface area contributed by atoms with Gasteiger partial charge >= 0.3 is 5.97 Å². The maximum Gasteiger partial charge on any atom is 0.303 e. The maximum atomic E-state index is 13.0. The van der Waals surface area contributed by atoms with E-state index in [1.54, 1.807) is 27.4 Å². The number of methoxy groups -OCH3 is 3. The molecule has 0 saturated heterocycles. The normalized spacial score (nSPS) is 15.4. The fourth-order valence-corrected chi connectivity index (χ4v) is 3.58. The van der Waals surface area contributed by atoms with Gasteiger partial charge in [0, 0.05) is 36.5 Å². The van der Waals surface area contributed by atoms with Crippen LogP contribution in [0.3, 0.4) is 0 Å². The molecule has 2 aromatic carbocycles. The van der Waals surface area contributed by atoms with Gasteiger partial charge in [0.15, 0.2) is 0 Å². The van der Waals surface area contributed by atoms with E-state index >= 15 is 0 Å². The second-order valence-corrected chi connectivity index (χ2v) is 7.10. The SMILES string of the molecule is COc1cc(OC)cc(C2=NN(C(=O)CCCC(=O)O)[C@@H](c3ccccc3OC)C2)c1. The van der Waals surface area contributed by atoms with Crippen molar-refractivity contribution in [1.82, 2.24) is 5.01 Å². The molecule has 1 aliphatic heterocycles. The molecule has 1 atom stereocenters. The van der Waals surface area contributed by atoms with Crippen molar-refractivity contribution in [2.24, 2.45) is 5.10 Å². The van der Waals surface area contributed by atoms with E-state index in [-0.39, 0.29) is 31.2 Å². The molecule has 8 heteroatoms. The molecule has 8 nitrogen and oxygen atoms in total. The number of carboxylic acids is 1. The first kappa shape index (κ1) is 22.1. The summed E-state index contributed by atoms with van der Waals surface area (Å²) in [5.41, 5.74) is 2.34. The van der Waals surface area contributed by atoms with Gasteiger partial charge in [-0.05, 0) is 24.6 Å². The van der Waals surface area contributed by atoms with Crippen molar-refractivity contribution in [3.8, 4) is 17.2 Å². The van der Waals surface area contributed by atoms with Crippen LogP contribution in [0.4, 0.5) is 0 Å². The van der Waals surface area contributed by atoms with Crippen LogP contribution in [-0.2, 0) is 9.59 Å². The number of amides is 1. The number of nitrogens with zero attached hydrogens (tertiary/aromatic N) is 2. The molecule has 0 radical (unpaired) electrons. The van der Waals surface area contributed by atoms with Crippen molar-refractivity contribution in [3.63, 3.8) is 0 Å². The first-order valence-corrected chi connectivity index (χ1v) is 9.94. The molecule has 164 valence electrons. The van der Waals surface area contributed by atoms with Crippen LogP contribution >= 0.6 is 0 Å². The number of rotatable bonds is 9. The molecule has 0 spiro atoms. The number of hydrazone groups is 1. The van der Waals surface area contributed by atoms with Gasteiger partial charge in [0.25, 0.3) is 0 Å². The Kier molecular flexibility index (Phi) is 7.12. The Balaban J connectivity index is 1.96. The van der Waals surface area contributed by atoms with Crippen LogP contribution in [0.1, 0.15) is 42.9 Å². The van der Waals surface area contributed by atoms with E-state index in [0.717, 1.165) is 11.1 Å². The summed E-state index contributed by atoms with van der Waals surface area (Å²) in [6, 6.07) is 12.6. The summed E-state index contributed by atoms with van der Waals surface area (Å²) in [6.45, 7) is 0. The summed E-state index contributed by atoms with van der Waals surface area (Å²) < 4.78 is 16.2. The zero-order chi connectivity index (χ0) is 22.4. The van der Waals surface area contributed by atoms with Gasteiger partial charge in [-0.3, -0.25) is 9.59 Å². The molecule has 0 aromatic heterocycles. The van der Waals surface area contributed by atoms with E-state index in [4.69, 9.17) is 19.3 Å². The molecule has 31 heavy (non-hydrogen) atoms. The first-order valence-electron chi connectivity index (χ1n) is 9.94. The lowest BCUT2D eigenvalue weighted by atomic mass is 9.97. The molecule has 1 heterocycles. The highest BCUT2D eigenvalue weighted by atomic mass is 16.5. The summed E-state index contributed by atoms with van der Waals surface area (Å²) in [5.74, 6) is 0.745. The van der Waals surface area contributed by atoms with Crippen LogP contribution in [0.15, 0.2) is 47.6 Å². The third-order valence-corrected chi connectivity index (χ3v) is 5.13. The van der Waals surface area contributed by atoms with Crippen LogP contribution in [0, 0.1) is 0 Å². The number of benzene rings is 2. The third kappa shape index (κ3) is 5.14. The Hall–Kier alpha value is -3.55. The maximum absolute atomic E-state index is 13.0. The van der Waals surface area contributed by atoms with Gasteiger partial charge in [-0.15, -0.1) is 0 Å². The van der Waals surface area contributed by atoms with Crippen molar-refractivity contribution in [2.45, 2.75) is 31.7 Å². The van der Waals surface area contributed by atoms with E-state index < -0.39 is 5.97 Å². The quantitative estimate of drug-likeness (QED) is 0.657. The van der Waals surface area contributed by atoms with Gasteiger partial charge in [0.1, 0.15) is 17.2 Å². The van der Waals surface area contributed by atoms with E-state index in [0.29, 0.717) is 29.4 Å². The molecule has 0 unspecified atom stereocenters. The Bertz CT molecular complexity index is 966. The highest BCUT2D eigenvalue weighted by Gasteiger charge is 2.34. The average Bonchev–Trinajstić information content (AvgIpc) is 3.23. The summed E-state index contributed by atoms with van der Waals surface area (Å²) in [7, 11) is 4.73. The monoisotopic (exact) mass is 426 g/mol. The standard InChI is InChI=1S/C23H26N2O6/c1-29-16-11-15(12-17(13-16)30-2)19-14-20(18-7-4-5-8-21(18)31-3)25(24-19)22(26)9-6-10-23(27)28/h4-5,7-8,11-13,20H,6,9-10,14H2,1-3H3,(H,27,28)/t20-/m1/s1. The third-order valence-electron chi connectivity index (χ3n) is 5.13. The van der Waals surface area contributed by atoms with Crippen LogP contribution in [0.25, 0.3) is 0 Å². The largest absolute Gasteiger partial charge is 0.497 e. The molecule has 2 aromatic rings. The number of hydrogen-bond donors (Lipinski definition) is 1. The topological polar surface area (TPSA) is 97.7 Å². The van der Waals surface area contributed by atoms with Gasteiger partial charge in [-0.2, -0.15) is 5.10 Å². The molecule has 0 fully saturated rings. The van der Waals surface area contributed by atoms with E-state index in [9.17, 15) is 9.59 Å². The van der Waals surface area contributed by atoms with E-state index in [1.165, 1.54) is 5.01 Å². The zero-order valence-electron chi connectivity index (χ0n) is 17.8. The minimum atomic E-state index is -0.928. The molecule has 0 saturated carbocycles. The minimum Gasteiger partial charge on any atom is -0.497 e. The highest BCUT2D eigenvalue weighted by molar-refractivity contribution is 6.03. The van der Waals surface area contributed by atoms with Crippen molar-refractivity contribution < 1.29 is 28.9 Å². The van der Waals surface area contributed by atoms with Gasteiger partial charge in [-0.25, -0.2) is 5.01 Å². The van der Waals surface area contributed by atoms with E-state index in [2.05, 4.69) is 5.10 Å². The van der Waals surface area contributed by atoms with Gasteiger partial charge in [0.05, 0.1) is 33.1 Å². The van der Waals surface area contributed by atoms with Gasteiger partial charge < -0.3 is 19.3 Å². The fraction of sp³-hybridized carbons (Fsp3) is 0.348. The number of ether oxygens (including phenoxy) is 3. The molecule has 0 aliphatic carbocycles. The highest BCUT2D eigenvalue weighted by Crippen LogP contribution is 2.38. The Morgan fingerprint density at radius 1 is 1.03 bits per heavy atom. The zero-order valence-corrected chi connectivity index (χ0v) is 17.8. The van der Waals surface area contributed by atoms with Crippen LogP contribution in [0.2, 0.25) is 0 Å². The number of aliphatic carboxylic acids is 1. The molecular weight excluding hydrogens is 400 g/mol. The van der Waals surface area contributed by atoms with Crippen molar-refractivity contribution >= 4 is 17.6 Å². The van der Waals surface area contributed by atoms with Gasteiger partial charge in [-0.1, -0.05) is 18.2 Å².